The summed E-state index contributed by atoms with van der Waals surface area (Å²) < 4.78 is 28.4. The summed E-state index contributed by atoms with van der Waals surface area (Å²) in [6.07, 6.45) is 0. The molecule has 0 spiro atoms. The molecule has 0 bridgehead atoms. The molecule has 1 amide bonds. The zero-order chi connectivity index (χ0) is 15.5. The summed E-state index contributed by atoms with van der Waals surface area (Å²) in [5.74, 6) is -0.380. The summed E-state index contributed by atoms with van der Waals surface area (Å²) in [6, 6.07) is 2.73. The normalized spacial score (nSPS) is 13.1. The van der Waals surface area contributed by atoms with E-state index in [2.05, 4.69) is 21.2 Å². The molecule has 0 aliphatic heterocycles. The van der Waals surface area contributed by atoms with Crippen LogP contribution in [0.1, 0.15) is 22.8 Å². The first kappa shape index (κ1) is 17.4. The Balaban J connectivity index is 3.19. The number of benzene rings is 1. The van der Waals surface area contributed by atoms with Crippen LogP contribution in [0.25, 0.3) is 0 Å². The van der Waals surface area contributed by atoms with Gasteiger partial charge >= 0.3 is 0 Å². The van der Waals surface area contributed by atoms with E-state index < -0.39 is 9.05 Å². The average Bonchev–Trinajstić information content (AvgIpc) is 2.30. The minimum Gasteiger partial charge on any atom is -0.383 e. The molecular weight excluding hydrogens is 370 g/mol. The second kappa shape index (κ2) is 6.89. The molecule has 1 aromatic carbocycles. The maximum atomic E-state index is 12.2. The van der Waals surface area contributed by atoms with Gasteiger partial charge in [-0.05, 0) is 31.5 Å². The molecular formula is C12H15BrClNO4S. The van der Waals surface area contributed by atoms with Crippen molar-refractivity contribution in [2.75, 3.05) is 13.7 Å². The molecule has 0 saturated heterocycles. The molecule has 1 rings (SSSR count). The Morgan fingerprint density at radius 3 is 2.60 bits per heavy atom. The number of methoxy groups -OCH3 is 1. The van der Waals surface area contributed by atoms with E-state index in [1.807, 2.05) is 0 Å². The first-order valence-electron chi connectivity index (χ1n) is 5.71. The molecule has 0 aliphatic carbocycles. The molecule has 0 aromatic heterocycles. The van der Waals surface area contributed by atoms with Crippen molar-refractivity contribution in [3.8, 4) is 0 Å². The largest absolute Gasteiger partial charge is 0.383 e. The molecule has 0 aliphatic rings. The SMILES string of the molecule is COCC(C)NC(=O)c1cc(Br)cc(S(=O)(=O)Cl)c1C. The Bertz CT molecular complexity index is 618. The second-order valence-electron chi connectivity index (χ2n) is 4.34. The first-order chi connectivity index (χ1) is 9.16. The highest BCUT2D eigenvalue weighted by molar-refractivity contribution is 9.10. The molecule has 1 aromatic rings. The van der Waals surface area contributed by atoms with E-state index in [9.17, 15) is 13.2 Å². The molecule has 0 saturated carbocycles. The van der Waals surface area contributed by atoms with Crippen LogP contribution in [-0.4, -0.2) is 34.1 Å². The lowest BCUT2D eigenvalue weighted by molar-refractivity contribution is 0.0904. The number of nitrogens with one attached hydrogen (secondary N) is 1. The van der Waals surface area contributed by atoms with Crippen LogP contribution in [0.2, 0.25) is 0 Å². The Morgan fingerprint density at radius 2 is 2.10 bits per heavy atom. The van der Waals surface area contributed by atoms with Crippen molar-refractivity contribution >= 4 is 41.6 Å². The third-order valence-electron chi connectivity index (χ3n) is 2.63. The number of rotatable bonds is 5. The van der Waals surface area contributed by atoms with E-state index >= 15 is 0 Å². The van der Waals surface area contributed by atoms with Crippen molar-refractivity contribution in [2.24, 2.45) is 0 Å². The van der Waals surface area contributed by atoms with Gasteiger partial charge in [-0.3, -0.25) is 4.79 Å². The van der Waals surface area contributed by atoms with Crippen LogP contribution in [-0.2, 0) is 13.8 Å². The highest BCUT2D eigenvalue weighted by Gasteiger charge is 2.21. The monoisotopic (exact) mass is 383 g/mol. The zero-order valence-electron chi connectivity index (χ0n) is 11.2. The van der Waals surface area contributed by atoms with Gasteiger partial charge in [-0.2, -0.15) is 0 Å². The number of carbonyl (C=O) groups excluding carboxylic acids is 1. The van der Waals surface area contributed by atoms with E-state index in [4.69, 9.17) is 15.4 Å². The molecule has 112 valence electrons. The lowest BCUT2D eigenvalue weighted by Gasteiger charge is -2.15. The van der Waals surface area contributed by atoms with Crippen molar-refractivity contribution in [3.63, 3.8) is 0 Å². The summed E-state index contributed by atoms with van der Waals surface area (Å²) in [5, 5.41) is 2.72. The van der Waals surface area contributed by atoms with Crippen molar-refractivity contribution < 1.29 is 17.9 Å². The molecule has 20 heavy (non-hydrogen) atoms. The van der Waals surface area contributed by atoms with E-state index in [0.717, 1.165) is 0 Å². The summed E-state index contributed by atoms with van der Waals surface area (Å²) in [4.78, 5) is 12.1. The number of amides is 1. The van der Waals surface area contributed by atoms with E-state index in [0.29, 0.717) is 16.6 Å². The number of halogens is 2. The van der Waals surface area contributed by atoms with Crippen molar-refractivity contribution in [1.29, 1.82) is 0 Å². The van der Waals surface area contributed by atoms with Gasteiger partial charge in [0.05, 0.1) is 11.5 Å². The zero-order valence-corrected chi connectivity index (χ0v) is 14.4. The quantitative estimate of drug-likeness (QED) is 0.792. The molecule has 1 atom stereocenters. The van der Waals surface area contributed by atoms with Gasteiger partial charge in [0, 0.05) is 33.9 Å². The summed E-state index contributed by atoms with van der Waals surface area (Å²) >= 11 is 3.18. The van der Waals surface area contributed by atoms with Gasteiger partial charge in [-0.15, -0.1) is 0 Å². The standard InChI is InChI=1S/C12H15BrClNO4S/c1-7(6-19-3)15-12(16)10-4-9(13)5-11(8(10)2)20(14,17)18/h4-5,7H,6H2,1-3H3,(H,15,16). The van der Waals surface area contributed by atoms with Crippen molar-refractivity contribution in [3.05, 3.63) is 27.7 Å². The number of hydrogen-bond acceptors (Lipinski definition) is 4. The molecule has 1 N–H and O–H groups in total. The Morgan fingerprint density at radius 1 is 1.50 bits per heavy atom. The summed E-state index contributed by atoms with van der Waals surface area (Å²) in [7, 11) is 2.99. The van der Waals surface area contributed by atoms with Crippen LogP contribution < -0.4 is 5.32 Å². The van der Waals surface area contributed by atoms with Gasteiger partial charge in [0.1, 0.15) is 0 Å². The fraction of sp³-hybridized carbons (Fsp3) is 0.417. The third kappa shape index (κ3) is 4.44. The second-order valence-corrected chi connectivity index (χ2v) is 7.79. The predicted molar refractivity (Wildman–Crippen MR) is 80.7 cm³/mol. The van der Waals surface area contributed by atoms with Crippen LogP contribution in [0.4, 0.5) is 0 Å². The number of carbonyl (C=O) groups is 1. The summed E-state index contributed by atoms with van der Waals surface area (Å²) in [5.41, 5.74) is 0.562. The Hall–Kier alpha value is -0.630. The Kier molecular flexibility index (Phi) is 6.00. The lowest BCUT2D eigenvalue weighted by Crippen LogP contribution is -2.36. The number of ether oxygens (including phenoxy) is 1. The third-order valence-corrected chi connectivity index (χ3v) is 4.53. The van der Waals surface area contributed by atoms with Crippen LogP contribution in [0.15, 0.2) is 21.5 Å². The van der Waals surface area contributed by atoms with Gasteiger partial charge in [0.2, 0.25) is 0 Å². The fourth-order valence-corrected chi connectivity index (χ4v) is 3.57. The topological polar surface area (TPSA) is 72.5 Å². The lowest BCUT2D eigenvalue weighted by atomic mass is 10.1. The molecule has 1 unspecified atom stereocenters. The van der Waals surface area contributed by atoms with Crippen LogP contribution >= 0.6 is 26.6 Å². The molecule has 0 radical (unpaired) electrons. The highest BCUT2D eigenvalue weighted by Crippen LogP contribution is 2.27. The molecule has 0 heterocycles. The van der Waals surface area contributed by atoms with E-state index in [1.54, 1.807) is 13.0 Å². The van der Waals surface area contributed by atoms with Crippen LogP contribution in [0, 0.1) is 6.92 Å². The number of hydrogen-bond donors (Lipinski definition) is 1. The van der Waals surface area contributed by atoms with Gasteiger partial charge in [0.25, 0.3) is 15.0 Å². The van der Waals surface area contributed by atoms with Crippen molar-refractivity contribution in [1.82, 2.24) is 5.32 Å². The minimum atomic E-state index is -3.91. The van der Waals surface area contributed by atoms with E-state index in [-0.39, 0.29) is 22.4 Å². The van der Waals surface area contributed by atoms with Crippen LogP contribution in [0.3, 0.4) is 0 Å². The van der Waals surface area contributed by atoms with Gasteiger partial charge < -0.3 is 10.1 Å². The fourth-order valence-electron chi connectivity index (χ4n) is 1.74. The van der Waals surface area contributed by atoms with E-state index in [1.165, 1.54) is 20.1 Å². The molecule has 5 nitrogen and oxygen atoms in total. The first-order valence-corrected chi connectivity index (χ1v) is 8.81. The summed E-state index contributed by atoms with van der Waals surface area (Å²) in [6.45, 7) is 3.69. The average molecular weight is 385 g/mol. The Labute approximate surface area is 131 Å². The van der Waals surface area contributed by atoms with Gasteiger partial charge in [-0.1, -0.05) is 15.9 Å². The van der Waals surface area contributed by atoms with Crippen molar-refractivity contribution in [2.45, 2.75) is 24.8 Å². The maximum Gasteiger partial charge on any atom is 0.261 e. The van der Waals surface area contributed by atoms with Gasteiger partial charge in [-0.25, -0.2) is 8.42 Å². The van der Waals surface area contributed by atoms with Gasteiger partial charge in [0.15, 0.2) is 0 Å². The molecule has 8 heteroatoms. The van der Waals surface area contributed by atoms with Crippen LogP contribution in [0.5, 0.6) is 0 Å². The maximum absolute atomic E-state index is 12.2. The highest BCUT2D eigenvalue weighted by atomic mass is 79.9. The smallest absolute Gasteiger partial charge is 0.261 e. The minimum absolute atomic E-state index is 0.0851. The predicted octanol–water partition coefficient (Wildman–Crippen LogP) is 2.45. The molecule has 0 fully saturated rings.